The van der Waals surface area contributed by atoms with Gasteiger partial charge in [0.2, 0.25) is 0 Å². The Labute approximate surface area is 156 Å². The third-order valence-corrected chi connectivity index (χ3v) is 4.90. The fourth-order valence-corrected chi connectivity index (χ4v) is 3.27. The molecular formula is C20H32N2O4. The molecule has 2 fully saturated rings. The Kier molecular flexibility index (Phi) is 9.45. The standard InChI is InChI=1S/C14H19NO3.C6H13NO/c16-10-13-7-4-8-15(9-13)14(17)18-11-12-5-2-1-3-6-12;8-5-6-2-1-3-7-4-6/h1-3,5-6,13,16H,4,7-11H2;6-8H,1-5H2. The topological polar surface area (TPSA) is 82.0 Å². The molecule has 2 saturated heterocycles. The van der Waals surface area contributed by atoms with Crippen molar-refractivity contribution >= 4 is 6.09 Å². The molecular weight excluding hydrogens is 332 g/mol. The number of rotatable bonds is 4. The number of piperidine rings is 2. The van der Waals surface area contributed by atoms with E-state index in [0.717, 1.165) is 38.0 Å². The number of nitrogens with zero attached hydrogens (tertiary/aromatic N) is 1. The molecule has 0 bridgehead atoms. The summed E-state index contributed by atoms with van der Waals surface area (Å²) in [5.41, 5.74) is 0.988. The normalized spacial score (nSPS) is 22.9. The molecule has 0 aliphatic carbocycles. The zero-order valence-corrected chi connectivity index (χ0v) is 15.5. The highest BCUT2D eigenvalue weighted by molar-refractivity contribution is 5.67. The minimum absolute atomic E-state index is 0.141. The first-order chi connectivity index (χ1) is 12.7. The van der Waals surface area contributed by atoms with E-state index >= 15 is 0 Å². The molecule has 0 radical (unpaired) electrons. The van der Waals surface area contributed by atoms with E-state index in [4.69, 9.17) is 14.9 Å². The summed E-state index contributed by atoms with van der Waals surface area (Å²) in [5.74, 6) is 0.728. The summed E-state index contributed by atoms with van der Waals surface area (Å²) >= 11 is 0. The number of aliphatic hydroxyl groups is 2. The van der Waals surface area contributed by atoms with Crippen LogP contribution in [0.15, 0.2) is 30.3 Å². The van der Waals surface area contributed by atoms with E-state index in [-0.39, 0.29) is 18.6 Å². The van der Waals surface area contributed by atoms with Gasteiger partial charge in [-0.05, 0) is 49.6 Å². The van der Waals surface area contributed by atoms with Gasteiger partial charge in [-0.1, -0.05) is 30.3 Å². The van der Waals surface area contributed by atoms with Crippen LogP contribution in [0.2, 0.25) is 0 Å². The maximum atomic E-state index is 11.9. The quantitative estimate of drug-likeness (QED) is 0.761. The van der Waals surface area contributed by atoms with Crippen molar-refractivity contribution in [3.8, 4) is 0 Å². The van der Waals surface area contributed by atoms with E-state index < -0.39 is 0 Å². The molecule has 1 amide bonds. The van der Waals surface area contributed by atoms with Crippen LogP contribution >= 0.6 is 0 Å². The van der Waals surface area contributed by atoms with Gasteiger partial charge in [0, 0.05) is 32.8 Å². The maximum Gasteiger partial charge on any atom is 0.410 e. The molecule has 1 aromatic rings. The predicted molar refractivity (Wildman–Crippen MR) is 101 cm³/mol. The Morgan fingerprint density at radius 3 is 2.46 bits per heavy atom. The molecule has 2 atom stereocenters. The van der Waals surface area contributed by atoms with Crippen LogP contribution in [0.25, 0.3) is 0 Å². The van der Waals surface area contributed by atoms with Gasteiger partial charge in [0.15, 0.2) is 0 Å². The number of carbonyl (C=O) groups excluding carboxylic acids is 1. The van der Waals surface area contributed by atoms with Crippen molar-refractivity contribution in [2.75, 3.05) is 39.4 Å². The second kappa shape index (κ2) is 11.9. The number of hydrogen-bond acceptors (Lipinski definition) is 5. The second-order valence-electron chi connectivity index (χ2n) is 7.07. The van der Waals surface area contributed by atoms with Gasteiger partial charge < -0.3 is 25.2 Å². The summed E-state index contributed by atoms with van der Waals surface area (Å²) in [5, 5.41) is 21.0. The minimum atomic E-state index is -0.281. The summed E-state index contributed by atoms with van der Waals surface area (Å²) < 4.78 is 5.27. The van der Waals surface area contributed by atoms with Crippen molar-refractivity contribution in [2.24, 2.45) is 11.8 Å². The smallest absolute Gasteiger partial charge is 0.410 e. The molecule has 26 heavy (non-hydrogen) atoms. The van der Waals surface area contributed by atoms with E-state index in [1.54, 1.807) is 4.90 Å². The molecule has 0 spiro atoms. The minimum Gasteiger partial charge on any atom is -0.445 e. The Balaban J connectivity index is 0.000000254. The van der Waals surface area contributed by atoms with Crippen molar-refractivity contribution in [1.82, 2.24) is 10.2 Å². The highest BCUT2D eigenvalue weighted by atomic mass is 16.6. The summed E-state index contributed by atoms with van der Waals surface area (Å²) in [6, 6.07) is 9.64. The van der Waals surface area contributed by atoms with Crippen LogP contribution in [-0.4, -0.2) is 60.6 Å². The first-order valence-corrected chi connectivity index (χ1v) is 9.61. The van der Waals surface area contributed by atoms with Gasteiger partial charge in [-0.15, -0.1) is 0 Å². The van der Waals surface area contributed by atoms with E-state index in [9.17, 15) is 4.79 Å². The fourth-order valence-electron chi connectivity index (χ4n) is 3.27. The summed E-state index contributed by atoms with van der Waals surface area (Å²) in [6.45, 7) is 4.27. The van der Waals surface area contributed by atoms with Gasteiger partial charge in [0.05, 0.1) is 0 Å². The number of aliphatic hydroxyl groups excluding tert-OH is 2. The lowest BCUT2D eigenvalue weighted by Gasteiger charge is -2.31. The van der Waals surface area contributed by atoms with Crippen LogP contribution in [-0.2, 0) is 11.3 Å². The molecule has 0 aromatic heterocycles. The highest BCUT2D eigenvalue weighted by Gasteiger charge is 2.24. The molecule has 3 N–H and O–H groups in total. The molecule has 2 aliphatic heterocycles. The Morgan fingerprint density at radius 2 is 1.85 bits per heavy atom. The molecule has 146 valence electrons. The van der Waals surface area contributed by atoms with Crippen LogP contribution in [0.5, 0.6) is 0 Å². The van der Waals surface area contributed by atoms with Crippen LogP contribution in [0, 0.1) is 11.8 Å². The molecule has 0 saturated carbocycles. The summed E-state index contributed by atoms with van der Waals surface area (Å²) in [6.07, 6.45) is 4.07. The number of nitrogens with one attached hydrogen (secondary N) is 1. The van der Waals surface area contributed by atoms with Gasteiger partial charge in [0.1, 0.15) is 6.61 Å². The zero-order chi connectivity index (χ0) is 18.6. The van der Waals surface area contributed by atoms with Crippen molar-refractivity contribution in [2.45, 2.75) is 32.3 Å². The number of carbonyl (C=O) groups is 1. The molecule has 1 aromatic carbocycles. The lowest BCUT2D eigenvalue weighted by Crippen LogP contribution is -2.41. The van der Waals surface area contributed by atoms with Gasteiger partial charge in [0.25, 0.3) is 0 Å². The fraction of sp³-hybridized carbons (Fsp3) is 0.650. The number of likely N-dealkylation sites (tertiary alicyclic amines) is 1. The average Bonchev–Trinajstić information content (AvgIpc) is 2.74. The average molecular weight is 364 g/mol. The van der Waals surface area contributed by atoms with Crippen molar-refractivity contribution in [3.63, 3.8) is 0 Å². The number of hydrogen-bond donors (Lipinski definition) is 3. The van der Waals surface area contributed by atoms with Crippen LogP contribution in [0.1, 0.15) is 31.2 Å². The molecule has 3 rings (SSSR count). The van der Waals surface area contributed by atoms with E-state index in [2.05, 4.69) is 5.32 Å². The molecule has 6 nitrogen and oxygen atoms in total. The molecule has 6 heteroatoms. The van der Waals surface area contributed by atoms with Gasteiger partial charge in [-0.2, -0.15) is 0 Å². The third-order valence-electron chi connectivity index (χ3n) is 4.90. The van der Waals surface area contributed by atoms with Gasteiger partial charge in [-0.25, -0.2) is 4.79 Å². The number of benzene rings is 1. The van der Waals surface area contributed by atoms with E-state index in [1.165, 1.54) is 12.8 Å². The van der Waals surface area contributed by atoms with E-state index in [1.807, 2.05) is 30.3 Å². The Hall–Kier alpha value is -1.63. The van der Waals surface area contributed by atoms with Crippen molar-refractivity contribution < 1.29 is 19.7 Å². The van der Waals surface area contributed by atoms with Crippen LogP contribution < -0.4 is 5.32 Å². The first kappa shape index (κ1) is 20.7. The summed E-state index contributed by atoms with van der Waals surface area (Å²) in [7, 11) is 0. The number of ether oxygens (including phenoxy) is 1. The lowest BCUT2D eigenvalue weighted by atomic mass is 10.00. The Bertz CT molecular complexity index is 506. The monoisotopic (exact) mass is 364 g/mol. The summed E-state index contributed by atoms with van der Waals surface area (Å²) in [4.78, 5) is 13.5. The second-order valence-corrected chi connectivity index (χ2v) is 7.07. The van der Waals surface area contributed by atoms with Crippen LogP contribution in [0.4, 0.5) is 4.79 Å². The van der Waals surface area contributed by atoms with Crippen LogP contribution in [0.3, 0.4) is 0 Å². The first-order valence-electron chi connectivity index (χ1n) is 9.61. The SMILES string of the molecule is O=C(OCc1ccccc1)N1CCCC(CO)C1.OCC1CCCNC1. The van der Waals surface area contributed by atoms with Crippen molar-refractivity contribution in [3.05, 3.63) is 35.9 Å². The predicted octanol–water partition coefficient (Wildman–Crippen LogP) is 2.01. The van der Waals surface area contributed by atoms with Crippen molar-refractivity contribution in [1.29, 1.82) is 0 Å². The molecule has 2 heterocycles. The highest BCUT2D eigenvalue weighted by Crippen LogP contribution is 2.17. The molecule has 2 aliphatic rings. The molecule has 2 unspecified atom stereocenters. The van der Waals surface area contributed by atoms with E-state index in [0.29, 0.717) is 25.7 Å². The lowest BCUT2D eigenvalue weighted by molar-refractivity contribution is 0.0686. The van der Waals surface area contributed by atoms with Gasteiger partial charge in [-0.3, -0.25) is 0 Å². The zero-order valence-electron chi connectivity index (χ0n) is 15.5. The largest absolute Gasteiger partial charge is 0.445 e. The van der Waals surface area contributed by atoms with Gasteiger partial charge >= 0.3 is 6.09 Å². The Morgan fingerprint density at radius 1 is 1.12 bits per heavy atom. The maximum absolute atomic E-state index is 11.9. The number of amides is 1. The third kappa shape index (κ3) is 7.32.